The molecule has 1 amide bonds. The van der Waals surface area contributed by atoms with Crippen LogP contribution in [0.25, 0.3) is 0 Å². The number of piperidine rings is 1. The maximum absolute atomic E-state index is 10.7. The van der Waals surface area contributed by atoms with Gasteiger partial charge in [0, 0.05) is 13.9 Å². The lowest BCUT2D eigenvalue weighted by Gasteiger charge is -2.21. The molecule has 1 aliphatic heterocycles. The van der Waals surface area contributed by atoms with Crippen LogP contribution in [0, 0.1) is 0 Å². The van der Waals surface area contributed by atoms with Crippen molar-refractivity contribution >= 4 is 5.91 Å². The van der Waals surface area contributed by atoms with Crippen LogP contribution in [-0.4, -0.2) is 11.9 Å². The van der Waals surface area contributed by atoms with Crippen LogP contribution < -0.4 is 5.32 Å². The van der Waals surface area contributed by atoms with Gasteiger partial charge in [0.25, 0.3) is 0 Å². The smallest absolute Gasteiger partial charge is 0.220 e. The van der Waals surface area contributed by atoms with Gasteiger partial charge in [-0.1, -0.05) is 6.92 Å². The Bertz CT molecular complexity index is 116. The van der Waals surface area contributed by atoms with E-state index in [1.54, 1.807) is 0 Å². The molecule has 1 heterocycles. The highest BCUT2D eigenvalue weighted by atomic mass is 16.1. The molecule has 2 nitrogen and oxygen atoms in total. The molecule has 0 aromatic carbocycles. The molecule has 0 aliphatic carbocycles. The summed E-state index contributed by atoms with van der Waals surface area (Å²) in [5, 5.41) is 2.93. The van der Waals surface area contributed by atoms with Crippen LogP contribution in [0.2, 0.25) is 0 Å². The molecule has 2 heteroatoms. The number of hydrogen-bond acceptors (Lipinski definition) is 1. The zero-order chi connectivity index (χ0) is 6.69. The topological polar surface area (TPSA) is 29.1 Å². The first-order valence-electron chi connectivity index (χ1n) is 3.62. The molecule has 54 valence electrons. The van der Waals surface area contributed by atoms with Gasteiger partial charge in [0.05, 0.1) is 0 Å². The van der Waals surface area contributed by atoms with Crippen LogP contribution in [0.15, 0.2) is 0 Å². The SMILES string of the molecule is CCC1CCCC(=O)N1.[HH]. The molecule has 0 saturated carbocycles. The van der Waals surface area contributed by atoms with E-state index in [1.165, 1.54) is 6.42 Å². The number of hydrogen-bond donors (Lipinski definition) is 1. The summed E-state index contributed by atoms with van der Waals surface area (Å²) >= 11 is 0. The van der Waals surface area contributed by atoms with E-state index < -0.39 is 0 Å². The number of carbonyl (C=O) groups excluding carboxylic acids is 1. The quantitative estimate of drug-likeness (QED) is 0.568. The first kappa shape index (κ1) is 6.59. The van der Waals surface area contributed by atoms with Gasteiger partial charge in [-0.2, -0.15) is 0 Å². The largest absolute Gasteiger partial charge is 0.353 e. The molecule has 1 aliphatic rings. The lowest BCUT2D eigenvalue weighted by atomic mass is 10.0. The van der Waals surface area contributed by atoms with Crippen LogP contribution in [-0.2, 0) is 4.79 Å². The molecule has 1 saturated heterocycles. The van der Waals surface area contributed by atoms with Gasteiger partial charge in [0.15, 0.2) is 0 Å². The van der Waals surface area contributed by atoms with Crippen molar-refractivity contribution in [3.63, 3.8) is 0 Å². The van der Waals surface area contributed by atoms with Gasteiger partial charge in [0.2, 0.25) is 5.91 Å². The Morgan fingerprint density at radius 2 is 2.67 bits per heavy atom. The van der Waals surface area contributed by atoms with Gasteiger partial charge in [-0.25, -0.2) is 0 Å². The standard InChI is InChI=1S/C7H13NO.H2/c1-2-6-4-3-5-7(9)8-6;/h6H,2-5H2,1H3,(H,8,9);1H. The van der Waals surface area contributed by atoms with Crippen LogP contribution >= 0.6 is 0 Å². The number of carbonyl (C=O) groups is 1. The Morgan fingerprint density at radius 3 is 3.11 bits per heavy atom. The number of nitrogens with one attached hydrogen (secondary N) is 1. The summed E-state index contributed by atoms with van der Waals surface area (Å²) in [7, 11) is 0. The molecule has 1 N–H and O–H groups in total. The molecule has 0 aromatic rings. The van der Waals surface area contributed by atoms with E-state index in [0.717, 1.165) is 19.3 Å². The van der Waals surface area contributed by atoms with Crippen molar-refractivity contribution in [1.29, 1.82) is 0 Å². The Labute approximate surface area is 57.1 Å². The average Bonchev–Trinajstić information content (AvgIpc) is 1.88. The minimum atomic E-state index is 0. The van der Waals surface area contributed by atoms with E-state index in [4.69, 9.17) is 0 Å². The predicted molar refractivity (Wildman–Crippen MR) is 38.2 cm³/mol. The zero-order valence-corrected chi connectivity index (χ0v) is 5.81. The summed E-state index contributed by atoms with van der Waals surface area (Å²) in [6.45, 7) is 2.11. The molecule has 1 unspecified atom stereocenters. The van der Waals surface area contributed by atoms with E-state index in [2.05, 4.69) is 12.2 Å². The maximum atomic E-state index is 10.7. The summed E-state index contributed by atoms with van der Waals surface area (Å²) in [5.74, 6) is 0.230. The minimum absolute atomic E-state index is 0. The second-order valence-corrected chi connectivity index (χ2v) is 2.56. The third-order valence-electron chi connectivity index (χ3n) is 1.81. The summed E-state index contributed by atoms with van der Waals surface area (Å²) < 4.78 is 0. The van der Waals surface area contributed by atoms with Crippen LogP contribution in [0.4, 0.5) is 0 Å². The van der Waals surface area contributed by atoms with E-state index >= 15 is 0 Å². The summed E-state index contributed by atoms with van der Waals surface area (Å²) in [6.07, 6.45) is 4.05. The molecular formula is C7H15NO. The van der Waals surface area contributed by atoms with Crippen LogP contribution in [0.3, 0.4) is 0 Å². The summed E-state index contributed by atoms with van der Waals surface area (Å²) in [4.78, 5) is 10.7. The molecule has 9 heavy (non-hydrogen) atoms. The fraction of sp³-hybridized carbons (Fsp3) is 0.857. The molecule has 0 bridgehead atoms. The third kappa shape index (κ3) is 1.70. The van der Waals surface area contributed by atoms with Gasteiger partial charge in [-0.3, -0.25) is 4.79 Å². The minimum Gasteiger partial charge on any atom is -0.353 e. The lowest BCUT2D eigenvalue weighted by Crippen LogP contribution is -2.37. The van der Waals surface area contributed by atoms with Gasteiger partial charge < -0.3 is 5.32 Å². The Morgan fingerprint density at radius 1 is 1.89 bits per heavy atom. The summed E-state index contributed by atoms with van der Waals surface area (Å²) in [6, 6.07) is 0.464. The lowest BCUT2D eigenvalue weighted by molar-refractivity contribution is -0.123. The normalized spacial score (nSPS) is 27.7. The summed E-state index contributed by atoms with van der Waals surface area (Å²) in [5.41, 5.74) is 0. The maximum Gasteiger partial charge on any atom is 0.220 e. The van der Waals surface area contributed by atoms with Crippen molar-refractivity contribution in [3.05, 3.63) is 0 Å². The van der Waals surface area contributed by atoms with E-state index in [1.807, 2.05) is 0 Å². The Kier molecular flexibility index (Phi) is 2.09. The highest BCUT2D eigenvalue weighted by molar-refractivity contribution is 5.76. The monoisotopic (exact) mass is 129 g/mol. The van der Waals surface area contributed by atoms with Gasteiger partial charge in [-0.15, -0.1) is 0 Å². The number of amides is 1. The van der Waals surface area contributed by atoms with Crippen LogP contribution in [0.5, 0.6) is 0 Å². The Hall–Kier alpha value is -0.530. The third-order valence-corrected chi connectivity index (χ3v) is 1.81. The fourth-order valence-electron chi connectivity index (χ4n) is 1.19. The number of rotatable bonds is 1. The van der Waals surface area contributed by atoms with Crippen molar-refractivity contribution in [3.8, 4) is 0 Å². The Balaban J connectivity index is 0.000000810. The second kappa shape index (κ2) is 2.85. The first-order valence-corrected chi connectivity index (χ1v) is 3.62. The van der Waals surface area contributed by atoms with Crippen LogP contribution in [0.1, 0.15) is 34.0 Å². The van der Waals surface area contributed by atoms with E-state index in [0.29, 0.717) is 6.04 Å². The molecule has 1 rings (SSSR count). The highest BCUT2D eigenvalue weighted by Crippen LogP contribution is 2.09. The van der Waals surface area contributed by atoms with Gasteiger partial charge in [0.1, 0.15) is 0 Å². The highest BCUT2D eigenvalue weighted by Gasteiger charge is 2.15. The van der Waals surface area contributed by atoms with Crippen molar-refractivity contribution in [2.45, 2.75) is 38.6 Å². The van der Waals surface area contributed by atoms with Gasteiger partial charge >= 0.3 is 0 Å². The van der Waals surface area contributed by atoms with E-state index in [-0.39, 0.29) is 7.33 Å². The molecule has 0 spiro atoms. The molecule has 0 radical (unpaired) electrons. The van der Waals surface area contributed by atoms with Gasteiger partial charge in [-0.05, 0) is 19.3 Å². The predicted octanol–water partition coefficient (Wildman–Crippen LogP) is 1.31. The first-order chi connectivity index (χ1) is 4.33. The molecule has 1 fully saturated rings. The molecular weight excluding hydrogens is 114 g/mol. The van der Waals surface area contributed by atoms with Crippen molar-refractivity contribution in [1.82, 2.24) is 5.32 Å². The van der Waals surface area contributed by atoms with Crippen molar-refractivity contribution in [2.75, 3.05) is 0 Å². The second-order valence-electron chi connectivity index (χ2n) is 2.56. The fourth-order valence-corrected chi connectivity index (χ4v) is 1.19. The van der Waals surface area contributed by atoms with Crippen molar-refractivity contribution < 1.29 is 6.22 Å². The molecule has 0 aromatic heterocycles. The van der Waals surface area contributed by atoms with E-state index in [9.17, 15) is 4.79 Å². The molecule has 1 atom stereocenters. The van der Waals surface area contributed by atoms with Crippen molar-refractivity contribution in [2.24, 2.45) is 0 Å². The average molecular weight is 129 g/mol. The zero-order valence-electron chi connectivity index (χ0n) is 5.81.